The molecule has 0 heterocycles. The molecule has 0 fully saturated rings. The molecule has 0 aliphatic heterocycles. The Kier molecular flexibility index (Phi) is 6.45. The highest BCUT2D eigenvalue weighted by atomic mass is 32.2. The van der Waals surface area contributed by atoms with E-state index in [0.717, 1.165) is 12.1 Å². The van der Waals surface area contributed by atoms with Crippen LogP contribution in [0.25, 0.3) is 0 Å². The number of hydrogen-bond donors (Lipinski definition) is 2. The zero-order chi connectivity index (χ0) is 23.5. The van der Waals surface area contributed by atoms with Crippen molar-refractivity contribution in [2.24, 2.45) is 0 Å². The van der Waals surface area contributed by atoms with Crippen molar-refractivity contribution in [3.63, 3.8) is 0 Å². The van der Waals surface area contributed by atoms with Gasteiger partial charge in [0, 0.05) is 16.9 Å². The third-order valence-electron chi connectivity index (χ3n) is 4.55. The van der Waals surface area contributed by atoms with E-state index in [1.807, 2.05) is 0 Å². The molecule has 0 radical (unpaired) electrons. The van der Waals surface area contributed by atoms with Crippen LogP contribution in [0, 0.1) is 6.92 Å². The molecule has 0 saturated heterocycles. The van der Waals surface area contributed by atoms with Crippen molar-refractivity contribution < 1.29 is 31.1 Å². The Bertz CT molecular complexity index is 1240. The highest BCUT2D eigenvalue weighted by Gasteiger charge is 2.30. The summed E-state index contributed by atoms with van der Waals surface area (Å²) in [6.45, 7) is 1.59. The van der Waals surface area contributed by atoms with Crippen LogP contribution in [0.4, 0.5) is 24.5 Å². The van der Waals surface area contributed by atoms with Crippen molar-refractivity contribution in [3.8, 4) is 5.75 Å². The molecule has 0 unspecified atom stereocenters. The van der Waals surface area contributed by atoms with Gasteiger partial charge in [-0.2, -0.15) is 13.2 Å². The number of ether oxygens (including phenoxy) is 1. The number of carbonyl (C=O) groups excluding carboxylic acids is 1. The zero-order valence-corrected chi connectivity index (χ0v) is 17.8. The van der Waals surface area contributed by atoms with Gasteiger partial charge >= 0.3 is 6.18 Å². The van der Waals surface area contributed by atoms with E-state index in [1.54, 1.807) is 19.1 Å². The highest BCUT2D eigenvalue weighted by molar-refractivity contribution is 7.92. The minimum Gasteiger partial charge on any atom is -0.497 e. The van der Waals surface area contributed by atoms with Crippen molar-refractivity contribution in [1.29, 1.82) is 0 Å². The Morgan fingerprint density at radius 1 is 0.938 bits per heavy atom. The van der Waals surface area contributed by atoms with Gasteiger partial charge in [0.05, 0.1) is 17.6 Å². The van der Waals surface area contributed by atoms with E-state index in [-0.39, 0.29) is 16.1 Å². The zero-order valence-electron chi connectivity index (χ0n) is 17.0. The van der Waals surface area contributed by atoms with Crippen molar-refractivity contribution in [3.05, 3.63) is 83.4 Å². The van der Waals surface area contributed by atoms with Crippen LogP contribution in [0.1, 0.15) is 21.5 Å². The van der Waals surface area contributed by atoms with Crippen LogP contribution in [-0.4, -0.2) is 21.4 Å². The summed E-state index contributed by atoms with van der Waals surface area (Å²) in [5.74, 6) is -0.180. The number of anilines is 2. The van der Waals surface area contributed by atoms with E-state index in [0.29, 0.717) is 17.0 Å². The predicted molar refractivity (Wildman–Crippen MR) is 114 cm³/mol. The molecule has 2 N–H and O–H groups in total. The van der Waals surface area contributed by atoms with Gasteiger partial charge in [-0.3, -0.25) is 9.52 Å². The molecule has 0 aliphatic carbocycles. The summed E-state index contributed by atoms with van der Waals surface area (Å²) in [4.78, 5) is 12.5. The van der Waals surface area contributed by atoms with Gasteiger partial charge in [0.2, 0.25) is 0 Å². The molecule has 10 heteroatoms. The molecule has 0 spiro atoms. The van der Waals surface area contributed by atoms with E-state index < -0.39 is 27.7 Å². The fourth-order valence-electron chi connectivity index (χ4n) is 2.86. The van der Waals surface area contributed by atoms with E-state index >= 15 is 0 Å². The van der Waals surface area contributed by atoms with Crippen molar-refractivity contribution in [2.45, 2.75) is 18.0 Å². The highest BCUT2D eigenvalue weighted by Crippen LogP contribution is 2.31. The fraction of sp³-hybridized carbons (Fsp3) is 0.136. The van der Waals surface area contributed by atoms with Gasteiger partial charge in [-0.25, -0.2) is 8.42 Å². The molecule has 3 aromatic rings. The Morgan fingerprint density at radius 3 is 2.25 bits per heavy atom. The molecule has 6 nitrogen and oxygen atoms in total. The lowest BCUT2D eigenvalue weighted by Gasteiger charge is -2.13. The maximum Gasteiger partial charge on any atom is 0.416 e. The van der Waals surface area contributed by atoms with Crippen LogP contribution in [0.2, 0.25) is 0 Å². The Hall–Kier alpha value is -3.53. The van der Waals surface area contributed by atoms with Crippen molar-refractivity contribution in [2.75, 3.05) is 17.1 Å². The summed E-state index contributed by atoms with van der Waals surface area (Å²) in [6, 6.07) is 14.3. The Morgan fingerprint density at radius 2 is 1.62 bits per heavy atom. The van der Waals surface area contributed by atoms with Gasteiger partial charge in [0.1, 0.15) is 5.75 Å². The molecule has 3 rings (SSSR count). The Balaban J connectivity index is 1.85. The minimum absolute atomic E-state index is 0.0139. The first-order valence-corrected chi connectivity index (χ1v) is 10.7. The van der Waals surface area contributed by atoms with Gasteiger partial charge < -0.3 is 10.1 Å². The first-order chi connectivity index (χ1) is 15.0. The third-order valence-corrected chi connectivity index (χ3v) is 5.93. The number of methoxy groups -OCH3 is 1. The number of aryl methyl sites for hydroxylation is 1. The number of alkyl halides is 3. The number of nitrogens with one attached hydrogen (secondary N) is 2. The van der Waals surface area contributed by atoms with Gasteiger partial charge in [-0.15, -0.1) is 0 Å². The number of benzene rings is 3. The summed E-state index contributed by atoms with van der Waals surface area (Å²) in [5, 5.41) is 2.38. The van der Waals surface area contributed by atoms with Crippen LogP contribution < -0.4 is 14.8 Å². The number of carbonyl (C=O) groups is 1. The molecular formula is C22H19F3N2O4S. The van der Waals surface area contributed by atoms with Crippen LogP contribution in [-0.2, 0) is 16.2 Å². The molecule has 0 bridgehead atoms. The minimum atomic E-state index is -4.56. The van der Waals surface area contributed by atoms with Gasteiger partial charge in [-0.05, 0) is 67.1 Å². The van der Waals surface area contributed by atoms with Crippen molar-refractivity contribution >= 4 is 27.3 Å². The number of rotatable bonds is 6. The van der Waals surface area contributed by atoms with E-state index in [2.05, 4.69) is 10.0 Å². The normalized spacial score (nSPS) is 11.7. The van der Waals surface area contributed by atoms with E-state index in [1.165, 1.54) is 49.6 Å². The average Bonchev–Trinajstić information content (AvgIpc) is 2.73. The second kappa shape index (κ2) is 8.91. The fourth-order valence-corrected chi connectivity index (χ4v) is 3.94. The lowest BCUT2D eigenvalue weighted by atomic mass is 10.1. The topological polar surface area (TPSA) is 84.5 Å². The summed E-state index contributed by atoms with van der Waals surface area (Å²) in [5.41, 5.74) is -0.208. The molecule has 168 valence electrons. The summed E-state index contributed by atoms with van der Waals surface area (Å²) < 4.78 is 71.7. The standard InChI is InChI=1S/C22H19F3N2O4S/c1-14-6-11-19(32(29,30)27-16-7-9-18(31-2)10-8-16)13-20(14)21(28)26-17-5-3-4-15(12-17)22(23,24)25/h3-13,27H,1-2H3,(H,26,28). The van der Waals surface area contributed by atoms with Gasteiger partial charge in [-0.1, -0.05) is 12.1 Å². The predicted octanol–water partition coefficient (Wildman–Crippen LogP) is 5.08. The van der Waals surface area contributed by atoms with Gasteiger partial charge in [0.25, 0.3) is 15.9 Å². The molecule has 0 saturated carbocycles. The number of halogens is 3. The molecule has 0 aromatic heterocycles. The van der Waals surface area contributed by atoms with Crippen molar-refractivity contribution in [1.82, 2.24) is 0 Å². The van der Waals surface area contributed by atoms with E-state index in [4.69, 9.17) is 4.74 Å². The quantitative estimate of drug-likeness (QED) is 0.533. The largest absolute Gasteiger partial charge is 0.497 e. The van der Waals surface area contributed by atoms with Crippen LogP contribution in [0.3, 0.4) is 0 Å². The number of hydrogen-bond acceptors (Lipinski definition) is 4. The molecule has 0 aliphatic rings. The first-order valence-electron chi connectivity index (χ1n) is 9.26. The molecule has 32 heavy (non-hydrogen) atoms. The SMILES string of the molecule is COc1ccc(NS(=O)(=O)c2ccc(C)c(C(=O)Nc3cccc(C(F)(F)F)c3)c2)cc1. The van der Waals surface area contributed by atoms with Crippen LogP contribution >= 0.6 is 0 Å². The number of sulfonamides is 1. The van der Waals surface area contributed by atoms with Gasteiger partial charge in [0.15, 0.2) is 0 Å². The first kappa shape index (κ1) is 23.1. The van der Waals surface area contributed by atoms with Crippen LogP contribution in [0.5, 0.6) is 5.75 Å². The molecule has 1 amide bonds. The maximum atomic E-state index is 12.9. The number of amides is 1. The molecule has 3 aromatic carbocycles. The summed E-state index contributed by atoms with van der Waals surface area (Å²) >= 11 is 0. The molecular weight excluding hydrogens is 445 g/mol. The smallest absolute Gasteiger partial charge is 0.416 e. The average molecular weight is 464 g/mol. The Labute approximate surface area is 183 Å². The monoisotopic (exact) mass is 464 g/mol. The third kappa shape index (κ3) is 5.38. The van der Waals surface area contributed by atoms with E-state index in [9.17, 15) is 26.4 Å². The summed E-state index contributed by atoms with van der Waals surface area (Å²) in [7, 11) is -2.54. The molecule has 0 atom stereocenters. The van der Waals surface area contributed by atoms with Crippen LogP contribution in [0.15, 0.2) is 71.6 Å². The lowest BCUT2D eigenvalue weighted by molar-refractivity contribution is -0.137. The maximum absolute atomic E-state index is 12.9. The lowest BCUT2D eigenvalue weighted by Crippen LogP contribution is -2.17. The second-order valence-corrected chi connectivity index (χ2v) is 8.53. The second-order valence-electron chi connectivity index (χ2n) is 6.84. The summed E-state index contributed by atoms with van der Waals surface area (Å²) in [6.07, 6.45) is -4.56.